The number of alkyl halides is 9. The number of hydrogen-bond acceptors (Lipinski definition) is 4. The maximum atomic E-state index is 14.4. The third-order valence-corrected chi connectivity index (χ3v) is 6.99. The van der Waals surface area contributed by atoms with Crippen LogP contribution in [0.25, 0.3) is 0 Å². The van der Waals surface area contributed by atoms with Crippen LogP contribution in [-0.4, -0.2) is 43.7 Å². The van der Waals surface area contributed by atoms with Gasteiger partial charge < -0.3 is 10.2 Å². The quantitative estimate of drug-likeness (QED) is 0.478. The topological polar surface area (TPSA) is 70.7 Å². The van der Waals surface area contributed by atoms with Crippen LogP contribution in [-0.2, 0) is 27.4 Å². The van der Waals surface area contributed by atoms with Crippen molar-refractivity contribution in [3.8, 4) is 0 Å². The number of benzene rings is 2. The van der Waals surface area contributed by atoms with E-state index in [4.69, 9.17) is 11.6 Å². The summed E-state index contributed by atoms with van der Waals surface area (Å²) < 4.78 is 124. The number of hydrogen-bond donors (Lipinski definition) is 2. The number of nitrogens with zero attached hydrogens (tertiary/aromatic N) is 1. The molecule has 0 saturated carbocycles. The summed E-state index contributed by atoms with van der Waals surface area (Å²) in [6, 6.07) is 4.13. The normalized spacial score (nSPS) is 22.3. The molecule has 0 aromatic heterocycles. The molecule has 0 aliphatic carbocycles. The first-order valence-electron chi connectivity index (χ1n) is 11.1. The zero-order valence-corrected chi connectivity index (χ0v) is 20.1. The van der Waals surface area contributed by atoms with Gasteiger partial charge in [0.1, 0.15) is 18.1 Å². The number of hydroxylamine groups is 1. The van der Waals surface area contributed by atoms with E-state index in [1.807, 2.05) is 5.48 Å². The zero-order chi connectivity index (χ0) is 29.0. The third kappa shape index (κ3) is 5.46. The first-order valence-corrected chi connectivity index (χ1v) is 11.4. The molecule has 0 bridgehead atoms. The van der Waals surface area contributed by atoms with Crippen LogP contribution < -0.4 is 15.7 Å². The van der Waals surface area contributed by atoms with E-state index < -0.39 is 76.5 Å². The van der Waals surface area contributed by atoms with Crippen molar-refractivity contribution < 1.29 is 53.9 Å². The molecule has 4 rings (SSSR count). The zero-order valence-electron chi connectivity index (χ0n) is 19.3. The Morgan fingerprint density at radius 1 is 1.00 bits per heavy atom. The highest BCUT2D eigenvalue weighted by Gasteiger charge is 2.60. The van der Waals surface area contributed by atoms with Crippen LogP contribution in [0.5, 0.6) is 0 Å². The minimum atomic E-state index is -5.44. The van der Waals surface area contributed by atoms with E-state index in [0.29, 0.717) is 0 Å². The highest BCUT2D eigenvalue weighted by molar-refractivity contribution is 6.32. The number of halogens is 10. The van der Waals surface area contributed by atoms with Crippen LogP contribution >= 0.6 is 11.6 Å². The Morgan fingerprint density at radius 2 is 1.56 bits per heavy atom. The van der Waals surface area contributed by atoms with E-state index in [0.717, 1.165) is 4.90 Å². The van der Waals surface area contributed by atoms with Crippen molar-refractivity contribution in [1.29, 1.82) is 0 Å². The van der Waals surface area contributed by atoms with Gasteiger partial charge in [-0.2, -0.15) is 39.5 Å². The van der Waals surface area contributed by atoms with Crippen LogP contribution in [0.15, 0.2) is 36.4 Å². The van der Waals surface area contributed by atoms with E-state index in [1.165, 1.54) is 24.3 Å². The van der Waals surface area contributed by atoms with Gasteiger partial charge in [0.2, 0.25) is 0 Å². The van der Waals surface area contributed by atoms with E-state index >= 15 is 0 Å². The Balaban J connectivity index is 1.66. The molecule has 39 heavy (non-hydrogen) atoms. The molecular weight excluding hydrogens is 573 g/mol. The summed E-state index contributed by atoms with van der Waals surface area (Å²) in [7, 11) is 0. The van der Waals surface area contributed by atoms with Crippen molar-refractivity contribution in [2.24, 2.45) is 0 Å². The Morgan fingerprint density at radius 3 is 2.03 bits per heavy atom. The second-order valence-electron chi connectivity index (χ2n) is 8.98. The van der Waals surface area contributed by atoms with Crippen LogP contribution in [0.1, 0.15) is 33.5 Å². The lowest BCUT2D eigenvalue weighted by atomic mass is 9.77. The average Bonchev–Trinajstić information content (AvgIpc) is 3.45. The fourth-order valence-electron chi connectivity index (χ4n) is 4.49. The molecule has 2 aromatic carbocycles. The summed E-state index contributed by atoms with van der Waals surface area (Å²) in [6.45, 7) is -1.47. The van der Waals surface area contributed by atoms with Crippen molar-refractivity contribution in [2.75, 3.05) is 24.6 Å². The number of carbonyl (C=O) groups excluding carboxylic acids is 2. The number of nitrogens with one attached hydrogen (secondary N) is 2. The van der Waals surface area contributed by atoms with Gasteiger partial charge in [0, 0.05) is 24.3 Å². The maximum Gasteiger partial charge on any atom is 0.417 e. The summed E-state index contributed by atoms with van der Waals surface area (Å²) in [5.74, 6) is -1.26. The predicted octanol–water partition coefficient (Wildman–Crippen LogP) is 5.25. The average molecular weight is 590 g/mol. The van der Waals surface area contributed by atoms with Gasteiger partial charge in [0.15, 0.2) is 0 Å². The number of anilines is 1. The van der Waals surface area contributed by atoms with Gasteiger partial charge in [-0.25, -0.2) is 5.48 Å². The van der Waals surface area contributed by atoms with Gasteiger partial charge in [0.25, 0.3) is 11.8 Å². The fraction of sp³-hybridized carbons (Fsp3) is 0.391. The first kappa shape index (κ1) is 28.8. The second-order valence-corrected chi connectivity index (χ2v) is 9.36. The lowest BCUT2D eigenvalue weighted by molar-refractivity contribution is -0.185. The lowest BCUT2D eigenvalue weighted by Gasteiger charge is -2.34. The van der Waals surface area contributed by atoms with E-state index in [1.54, 1.807) is 0 Å². The molecule has 2 N–H and O–H groups in total. The predicted molar refractivity (Wildman–Crippen MR) is 118 cm³/mol. The molecule has 2 aliphatic heterocycles. The molecule has 212 valence electrons. The van der Waals surface area contributed by atoms with Gasteiger partial charge in [-0.15, -0.1) is 0 Å². The van der Waals surface area contributed by atoms with Crippen LogP contribution in [0, 0.1) is 0 Å². The van der Waals surface area contributed by atoms with Crippen molar-refractivity contribution >= 4 is 29.1 Å². The molecule has 2 aliphatic rings. The maximum absolute atomic E-state index is 14.4. The standard InChI is InChI=1S/C23H17ClF9N3O3/c24-17-14(21(25,26)27)7-12(8-15(17)22(28,29)30)20(23(31,32)33)5-6-36(10-20)13-3-1-11(2-4-13)18(37)34-16-9-39-35-19(16)38/h1-4,7-8,16H,5-6,9-10H2,(H,34,37)(H,35,38). The van der Waals surface area contributed by atoms with Gasteiger partial charge in [-0.05, 0) is 48.4 Å². The monoisotopic (exact) mass is 589 g/mol. The van der Waals surface area contributed by atoms with E-state index in [9.17, 15) is 49.1 Å². The summed E-state index contributed by atoms with van der Waals surface area (Å²) in [5, 5.41) is 0.660. The van der Waals surface area contributed by atoms with Crippen molar-refractivity contribution in [3.63, 3.8) is 0 Å². The number of amides is 2. The van der Waals surface area contributed by atoms with Gasteiger partial charge in [-0.3, -0.25) is 14.4 Å². The van der Waals surface area contributed by atoms with E-state index in [2.05, 4.69) is 10.2 Å². The van der Waals surface area contributed by atoms with Crippen LogP contribution in [0.4, 0.5) is 45.2 Å². The lowest BCUT2D eigenvalue weighted by Crippen LogP contribution is -2.45. The molecular formula is C23H17ClF9N3O3. The van der Waals surface area contributed by atoms with Gasteiger partial charge in [-0.1, -0.05) is 11.6 Å². The third-order valence-electron chi connectivity index (χ3n) is 6.59. The summed E-state index contributed by atoms with van der Waals surface area (Å²) in [6.07, 6.45) is -17.0. The molecule has 6 nitrogen and oxygen atoms in total. The Hall–Kier alpha value is -3.20. The number of carbonyl (C=O) groups is 2. The summed E-state index contributed by atoms with van der Waals surface area (Å²) >= 11 is 5.35. The Kier molecular flexibility index (Phi) is 7.21. The Labute approximate surface area is 219 Å². The summed E-state index contributed by atoms with van der Waals surface area (Å²) in [4.78, 5) is 29.7. The highest BCUT2D eigenvalue weighted by Crippen LogP contribution is 2.52. The second kappa shape index (κ2) is 9.77. The van der Waals surface area contributed by atoms with Crippen LogP contribution in [0.3, 0.4) is 0 Å². The highest BCUT2D eigenvalue weighted by atomic mass is 35.5. The number of rotatable bonds is 4. The van der Waals surface area contributed by atoms with Gasteiger partial charge in [0.05, 0.1) is 16.1 Å². The first-order chi connectivity index (χ1) is 17.9. The van der Waals surface area contributed by atoms with Crippen molar-refractivity contribution in [1.82, 2.24) is 10.8 Å². The molecule has 2 saturated heterocycles. The SMILES string of the molecule is O=C(NC1CONC1=O)c1ccc(N2CCC(c3cc(C(F)(F)F)c(Cl)c(C(F)(F)F)c3)(C(F)(F)F)C2)cc1. The molecule has 2 atom stereocenters. The van der Waals surface area contributed by atoms with E-state index in [-0.39, 0.29) is 36.5 Å². The largest absolute Gasteiger partial charge is 0.417 e. The molecule has 0 radical (unpaired) electrons. The van der Waals surface area contributed by atoms with Crippen molar-refractivity contribution in [2.45, 2.75) is 36.4 Å². The molecule has 2 fully saturated rings. The smallest absolute Gasteiger partial charge is 0.370 e. The molecule has 16 heteroatoms. The minimum absolute atomic E-state index is 0.0187. The van der Waals surface area contributed by atoms with Crippen molar-refractivity contribution in [3.05, 3.63) is 63.7 Å². The Bertz CT molecular complexity index is 1240. The molecule has 2 unspecified atom stereocenters. The summed E-state index contributed by atoms with van der Waals surface area (Å²) in [5.41, 5.74) is -6.10. The molecule has 2 amide bonds. The molecule has 0 spiro atoms. The molecule has 2 aromatic rings. The molecule has 2 heterocycles. The van der Waals surface area contributed by atoms with Crippen LogP contribution in [0.2, 0.25) is 5.02 Å². The van der Waals surface area contributed by atoms with Gasteiger partial charge >= 0.3 is 18.5 Å². The minimum Gasteiger partial charge on any atom is -0.370 e. The fourth-order valence-corrected chi connectivity index (χ4v) is 4.81.